The minimum atomic E-state index is 0. The van der Waals surface area contributed by atoms with Crippen LogP contribution in [0.1, 0.15) is 35.8 Å². The van der Waals surface area contributed by atoms with Crippen LogP contribution in [0.4, 0.5) is 0 Å². The molecule has 3 aromatic rings. The Balaban J connectivity index is 0.00000225. The van der Waals surface area contributed by atoms with Gasteiger partial charge in [0.1, 0.15) is 5.75 Å². The van der Waals surface area contributed by atoms with Crippen LogP contribution in [0.25, 0.3) is 5.69 Å². The van der Waals surface area contributed by atoms with Gasteiger partial charge in [-0.25, -0.2) is 0 Å². The Hall–Kier alpha value is -2.48. The number of aromatic nitrogens is 4. The number of aryl methyl sites for hydroxylation is 1. The molecule has 8 heteroatoms. The molecule has 0 amide bonds. The molecule has 4 rings (SSSR count). The van der Waals surface area contributed by atoms with Crippen molar-refractivity contribution in [3.8, 4) is 11.4 Å². The van der Waals surface area contributed by atoms with Gasteiger partial charge in [0.15, 0.2) is 5.82 Å². The first kappa shape index (κ1) is 20.3. The van der Waals surface area contributed by atoms with E-state index in [-0.39, 0.29) is 24.2 Å². The van der Waals surface area contributed by atoms with Crippen molar-refractivity contribution < 1.29 is 5.11 Å². The Morgan fingerprint density at radius 3 is 2.79 bits per heavy atom. The summed E-state index contributed by atoms with van der Waals surface area (Å²) < 4.78 is 1.66. The summed E-state index contributed by atoms with van der Waals surface area (Å²) in [5.41, 5.74) is 2.96. The smallest absolute Gasteiger partial charge is 0.153 e. The molecule has 2 heterocycles. The second-order valence-electron chi connectivity index (χ2n) is 6.92. The molecule has 2 atom stereocenters. The number of nitrogens with zero attached hydrogens (tertiary/aromatic N) is 4. The summed E-state index contributed by atoms with van der Waals surface area (Å²) in [5.74, 6) is 0.984. The molecule has 0 aliphatic carbocycles. The van der Waals surface area contributed by atoms with Gasteiger partial charge in [0, 0.05) is 24.2 Å². The van der Waals surface area contributed by atoms with E-state index in [0.717, 1.165) is 30.6 Å². The zero-order valence-electron chi connectivity index (χ0n) is 15.7. The second kappa shape index (κ2) is 9.14. The van der Waals surface area contributed by atoms with Gasteiger partial charge in [0.05, 0.1) is 5.69 Å². The molecule has 0 bridgehead atoms. The number of benzene rings is 2. The molecule has 1 saturated heterocycles. The molecular formula is C20H25ClN6O. The largest absolute Gasteiger partial charge is 0.508 e. The molecule has 7 nitrogen and oxygen atoms in total. The first-order valence-corrected chi connectivity index (χ1v) is 9.31. The van der Waals surface area contributed by atoms with Crippen LogP contribution in [0.3, 0.4) is 0 Å². The lowest BCUT2D eigenvalue weighted by Crippen LogP contribution is -2.45. The molecule has 148 valence electrons. The monoisotopic (exact) mass is 400 g/mol. The van der Waals surface area contributed by atoms with Crippen LogP contribution in [0.5, 0.6) is 5.75 Å². The van der Waals surface area contributed by atoms with Crippen LogP contribution in [0.2, 0.25) is 0 Å². The molecule has 1 fully saturated rings. The summed E-state index contributed by atoms with van der Waals surface area (Å²) in [4.78, 5) is 0. The van der Waals surface area contributed by atoms with E-state index in [1.807, 2.05) is 25.1 Å². The first-order chi connectivity index (χ1) is 13.2. The van der Waals surface area contributed by atoms with Crippen molar-refractivity contribution in [2.45, 2.75) is 38.4 Å². The molecule has 1 aromatic heterocycles. The Labute approximate surface area is 170 Å². The minimum Gasteiger partial charge on any atom is -0.508 e. The molecule has 0 radical (unpaired) electrons. The van der Waals surface area contributed by atoms with Crippen LogP contribution in [-0.4, -0.2) is 37.9 Å². The molecule has 0 saturated carbocycles. The van der Waals surface area contributed by atoms with Gasteiger partial charge in [0.2, 0.25) is 0 Å². The topological polar surface area (TPSA) is 87.9 Å². The third-order valence-electron chi connectivity index (χ3n) is 5.10. The molecule has 28 heavy (non-hydrogen) atoms. The maximum absolute atomic E-state index is 10.3. The van der Waals surface area contributed by atoms with Crippen molar-refractivity contribution in [3.05, 3.63) is 65.5 Å². The van der Waals surface area contributed by atoms with Crippen molar-refractivity contribution in [1.82, 2.24) is 30.8 Å². The van der Waals surface area contributed by atoms with E-state index in [1.54, 1.807) is 10.7 Å². The number of rotatable bonds is 5. The predicted molar refractivity (Wildman–Crippen MR) is 110 cm³/mol. The van der Waals surface area contributed by atoms with Crippen LogP contribution in [0, 0.1) is 6.92 Å². The highest BCUT2D eigenvalue weighted by Crippen LogP contribution is 2.25. The number of halogens is 1. The molecule has 0 spiro atoms. The van der Waals surface area contributed by atoms with Crippen molar-refractivity contribution >= 4 is 12.4 Å². The quantitative estimate of drug-likeness (QED) is 0.610. The third-order valence-corrected chi connectivity index (χ3v) is 5.10. The summed E-state index contributed by atoms with van der Waals surface area (Å²) in [7, 11) is 0. The van der Waals surface area contributed by atoms with Crippen LogP contribution in [0.15, 0.2) is 48.5 Å². The van der Waals surface area contributed by atoms with Gasteiger partial charge in [-0.3, -0.25) is 0 Å². The van der Waals surface area contributed by atoms with Crippen molar-refractivity contribution in [2.24, 2.45) is 0 Å². The molecule has 1 aliphatic heterocycles. The number of piperidine rings is 1. The Morgan fingerprint density at radius 1 is 1.21 bits per heavy atom. The zero-order chi connectivity index (χ0) is 18.6. The number of phenols is 1. The van der Waals surface area contributed by atoms with Gasteiger partial charge in [-0.2, -0.15) is 4.68 Å². The highest BCUT2D eigenvalue weighted by Gasteiger charge is 2.25. The minimum absolute atomic E-state index is 0. The van der Waals surface area contributed by atoms with Crippen LogP contribution >= 0.6 is 12.4 Å². The fourth-order valence-corrected chi connectivity index (χ4v) is 3.68. The molecule has 3 N–H and O–H groups in total. The molecular weight excluding hydrogens is 376 g/mol. The summed E-state index contributed by atoms with van der Waals surface area (Å²) in [6.45, 7) is 3.45. The van der Waals surface area contributed by atoms with Gasteiger partial charge in [-0.15, -0.1) is 17.5 Å². The van der Waals surface area contributed by atoms with E-state index < -0.39 is 0 Å². The predicted octanol–water partition coefficient (Wildman–Crippen LogP) is 2.68. The SMILES string of the molecule is Cc1nnnn1-c1ccc(O)c(CN[C@H]2CCCN[C@H]2c2ccccc2)c1.Cl. The Morgan fingerprint density at radius 2 is 2.04 bits per heavy atom. The van der Waals surface area contributed by atoms with Gasteiger partial charge in [-0.1, -0.05) is 30.3 Å². The third kappa shape index (κ3) is 4.32. The summed E-state index contributed by atoms with van der Waals surface area (Å²) >= 11 is 0. The lowest BCUT2D eigenvalue weighted by molar-refractivity contribution is 0.303. The Kier molecular flexibility index (Phi) is 6.61. The number of hydrogen-bond donors (Lipinski definition) is 3. The van der Waals surface area contributed by atoms with E-state index in [4.69, 9.17) is 0 Å². The maximum atomic E-state index is 10.3. The lowest BCUT2D eigenvalue weighted by atomic mass is 9.92. The zero-order valence-corrected chi connectivity index (χ0v) is 16.6. The average molecular weight is 401 g/mol. The highest BCUT2D eigenvalue weighted by molar-refractivity contribution is 5.85. The number of phenolic OH excluding ortho intramolecular Hbond substituents is 1. The summed E-state index contributed by atoms with van der Waals surface area (Å²) in [6.07, 6.45) is 2.23. The molecule has 1 aliphatic rings. The van der Waals surface area contributed by atoms with Crippen LogP contribution < -0.4 is 10.6 Å². The average Bonchev–Trinajstić information content (AvgIpc) is 3.14. The van der Waals surface area contributed by atoms with Gasteiger partial charge in [0.25, 0.3) is 0 Å². The number of nitrogens with one attached hydrogen (secondary N) is 2. The van der Waals surface area contributed by atoms with Gasteiger partial charge in [-0.05, 0) is 60.5 Å². The number of hydrogen-bond acceptors (Lipinski definition) is 6. The van der Waals surface area contributed by atoms with Crippen molar-refractivity contribution in [3.63, 3.8) is 0 Å². The normalized spacial score (nSPS) is 19.2. The van der Waals surface area contributed by atoms with Crippen LogP contribution in [-0.2, 0) is 6.54 Å². The van der Waals surface area contributed by atoms with E-state index in [9.17, 15) is 5.11 Å². The number of aromatic hydroxyl groups is 1. The second-order valence-corrected chi connectivity index (χ2v) is 6.92. The van der Waals surface area contributed by atoms with E-state index in [0.29, 0.717) is 18.4 Å². The fourth-order valence-electron chi connectivity index (χ4n) is 3.68. The maximum Gasteiger partial charge on any atom is 0.153 e. The fraction of sp³-hybridized carbons (Fsp3) is 0.350. The van der Waals surface area contributed by atoms with Gasteiger partial charge >= 0.3 is 0 Å². The number of tetrazole rings is 1. The van der Waals surface area contributed by atoms with E-state index >= 15 is 0 Å². The van der Waals surface area contributed by atoms with E-state index in [2.05, 4.69) is 50.4 Å². The molecule has 2 aromatic carbocycles. The summed E-state index contributed by atoms with van der Waals surface area (Å²) in [5, 5.41) is 29.2. The van der Waals surface area contributed by atoms with Gasteiger partial charge < -0.3 is 15.7 Å². The highest BCUT2D eigenvalue weighted by atomic mass is 35.5. The van der Waals surface area contributed by atoms with Crippen molar-refractivity contribution in [1.29, 1.82) is 0 Å². The Bertz CT molecular complexity index is 901. The molecule has 0 unspecified atom stereocenters. The first-order valence-electron chi connectivity index (χ1n) is 9.31. The standard InChI is InChI=1S/C20H24N6O.ClH/c1-14-23-24-25-26(14)17-9-10-19(27)16(12-17)13-22-18-8-5-11-21-20(18)15-6-3-2-4-7-15;/h2-4,6-7,9-10,12,18,20-22,27H,5,8,11,13H2,1H3;1H/t18-,20-;/m0./s1. The summed E-state index contributed by atoms with van der Waals surface area (Å²) in [6, 6.07) is 16.5. The lowest BCUT2D eigenvalue weighted by Gasteiger charge is -2.34. The van der Waals surface area contributed by atoms with Crippen molar-refractivity contribution in [2.75, 3.05) is 6.54 Å². The van der Waals surface area contributed by atoms with E-state index in [1.165, 1.54) is 5.56 Å².